The Hall–Kier alpha value is -3.67. The van der Waals surface area contributed by atoms with E-state index in [4.69, 9.17) is 0 Å². The van der Waals surface area contributed by atoms with Crippen LogP contribution in [0, 0.1) is 10.4 Å². The van der Waals surface area contributed by atoms with Crippen molar-refractivity contribution in [2.45, 2.75) is 6.42 Å². The third kappa shape index (κ3) is 2.00. The molecule has 0 saturated heterocycles. The maximum atomic E-state index is 11.9. The summed E-state index contributed by atoms with van der Waals surface area (Å²) in [5, 5.41) is 4.00. The molecule has 0 unspecified atom stereocenters. The molecule has 0 aliphatic heterocycles. The Balaban J connectivity index is 1.85. The molecule has 2 aliphatic rings. The summed E-state index contributed by atoms with van der Waals surface area (Å²) in [5.41, 5.74) is 8.79. The van der Waals surface area contributed by atoms with Gasteiger partial charge in [-0.15, -0.1) is 0 Å². The van der Waals surface area contributed by atoms with E-state index in [-0.39, 0.29) is 0 Å². The van der Waals surface area contributed by atoms with Crippen LogP contribution >= 0.6 is 0 Å². The van der Waals surface area contributed by atoms with Crippen molar-refractivity contribution >= 4 is 12.0 Å². The van der Waals surface area contributed by atoms with Gasteiger partial charge in [-0.05, 0) is 67.9 Å². The molecule has 0 N–H and O–H groups in total. The van der Waals surface area contributed by atoms with Crippen LogP contribution in [0.25, 0.3) is 28.3 Å². The molecule has 28 heavy (non-hydrogen) atoms. The molecule has 130 valence electrons. The van der Waals surface area contributed by atoms with Gasteiger partial charge in [-0.3, -0.25) is 0 Å². The monoisotopic (exact) mass is 356 g/mol. The number of fused-ring (bicyclic) bond motifs is 6. The molecular weight excluding hydrogens is 340 g/mol. The van der Waals surface area contributed by atoms with Gasteiger partial charge in [-0.1, -0.05) is 72.8 Å². The zero-order valence-electron chi connectivity index (χ0n) is 15.2. The number of rotatable bonds is 0. The lowest BCUT2D eigenvalue weighted by atomic mass is 9.99. The fraction of sp³-hybridized carbons (Fsp3) is 0.0370. The minimum absolute atomic E-state index is 0.643. The lowest BCUT2D eigenvalue weighted by Gasteiger charge is -2.04. The third-order valence-corrected chi connectivity index (χ3v) is 6.02. The molecule has 1 nitrogen and oxygen atoms in total. The average molecular weight is 356 g/mol. The second-order valence-electron chi connectivity index (χ2n) is 7.45. The molecule has 0 saturated carbocycles. The van der Waals surface area contributed by atoms with Crippen LogP contribution in [0.5, 0.6) is 0 Å². The van der Waals surface area contributed by atoms with E-state index in [1.165, 1.54) is 44.2 Å². The van der Waals surface area contributed by atoms with Gasteiger partial charge in [0.1, 0.15) is 5.94 Å². The van der Waals surface area contributed by atoms with Gasteiger partial charge in [-0.25, -0.2) is 4.79 Å². The quantitative estimate of drug-likeness (QED) is 0.404. The summed E-state index contributed by atoms with van der Waals surface area (Å²) in [4.78, 5) is 11.9. The summed E-state index contributed by atoms with van der Waals surface area (Å²) in [5.74, 6) is 2.20. The molecule has 0 spiro atoms. The number of hydrogen-bond donors (Lipinski definition) is 0. The maximum Gasteiger partial charge on any atom is 0.133 e. The summed E-state index contributed by atoms with van der Waals surface area (Å²) in [6.07, 6.45) is 3.10. The van der Waals surface area contributed by atoms with Crippen molar-refractivity contribution in [3.63, 3.8) is 0 Å². The zero-order valence-corrected chi connectivity index (χ0v) is 15.2. The van der Waals surface area contributed by atoms with E-state index in [9.17, 15) is 4.79 Å². The Labute approximate surface area is 162 Å². The van der Waals surface area contributed by atoms with Gasteiger partial charge in [0.05, 0.1) is 5.22 Å². The highest BCUT2D eigenvalue weighted by atomic mass is 16.1. The topological polar surface area (TPSA) is 17.1 Å². The average Bonchev–Trinajstić information content (AvgIpc) is 3.31. The van der Waals surface area contributed by atoms with E-state index in [1.54, 1.807) is 0 Å². The van der Waals surface area contributed by atoms with Crippen molar-refractivity contribution in [1.82, 2.24) is 0 Å². The third-order valence-electron chi connectivity index (χ3n) is 6.02. The van der Waals surface area contributed by atoms with Crippen molar-refractivity contribution < 1.29 is 4.79 Å². The van der Waals surface area contributed by atoms with Crippen LogP contribution in [-0.2, 0) is 11.2 Å². The second-order valence-corrected chi connectivity index (χ2v) is 7.45. The first-order chi connectivity index (χ1) is 13.8. The van der Waals surface area contributed by atoms with Crippen molar-refractivity contribution in [3.8, 4) is 22.3 Å². The summed E-state index contributed by atoms with van der Waals surface area (Å²) in [6, 6.07) is 27.4. The van der Waals surface area contributed by atoms with Gasteiger partial charge >= 0.3 is 0 Å². The summed E-state index contributed by atoms with van der Waals surface area (Å²) < 4.78 is 0. The lowest BCUT2D eigenvalue weighted by Crippen LogP contribution is -2.13. The Bertz CT molecular complexity index is 1540. The Morgan fingerprint density at radius 3 is 2.36 bits per heavy atom. The van der Waals surface area contributed by atoms with Crippen molar-refractivity contribution in [2.75, 3.05) is 0 Å². The van der Waals surface area contributed by atoms with Crippen LogP contribution in [0.3, 0.4) is 0 Å². The highest BCUT2D eigenvalue weighted by molar-refractivity contribution is 5.83. The zero-order chi connectivity index (χ0) is 18.7. The van der Waals surface area contributed by atoms with Gasteiger partial charge < -0.3 is 0 Å². The Kier molecular flexibility index (Phi) is 3.11. The van der Waals surface area contributed by atoms with Crippen molar-refractivity contribution in [2.24, 2.45) is 0 Å². The van der Waals surface area contributed by atoms with Gasteiger partial charge in [0.2, 0.25) is 0 Å². The molecule has 0 radical (unpaired) electrons. The molecule has 4 aromatic rings. The van der Waals surface area contributed by atoms with Gasteiger partial charge in [0, 0.05) is 5.22 Å². The normalized spacial score (nSPS) is 13.7. The number of benzene rings is 4. The van der Waals surface area contributed by atoms with Gasteiger partial charge in [0.15, 0.2) is 0 Å². The predicted molar refractivity (Wildman–Crippen MR) is 112 cm³/mol. The fourth-order valence-corrected chi connectivity index (χ4v) is 4.80. The molecule has 0 amide bonds. The first-order valence-electron chi connectivity index (χ1n) is 9.55. The Morgan fingerprint density at radius 2 is 1.46 bits per heavy atom. The largest absolute Gasteiger partial charge is 0.233 e. The summed E-state index contributed by atoms with van der Waals surface area (Å²) in [7, 11) is 0. The van der Waals surface area contributed by atoms with Crippen LogP contribution in [0.2, 0.25) is 0 Å². The van der Waals surface area contributed by atoms with E-state index in [2.05, 4.69) is 84.8 Å². The van der Waals surface area contributed by atoms with Crippen molar-refractivity contribution in [1.29, 1.82) is 0 Å². The molecule has 6 rings (SSSR count). The Morgan fingerprint density at radius 1 is 0.679 bits per heavy atom. The molecule has 2 aliphatic carbocycles. The molecule has 1 heteroatoms. The number of carbonyl (C=O) groups excluding carboxylic acids is 1. The SMILES string of the molecule is O=C=c1ccc2c(c1=c1cccc3c1=Cc1ccccc1-3)Cc1ccccc1-2. The minimum Gasteiger partial charge on any atom is -0.233 e. The predicted octanol–water partition coefficient (Wildman–Crippen LogP) is 3.86. The standard InChI is InChI=1S/C27H16O/c28-16-19-12-13-23-21-9-4-2-7-18(21)15-26(23)27(19)24-11-5-10-22-20-8-3-1-6-17(20)14-25(22)24/h1-14H,15H2. The molecule has 0 bridgehead atoms. The van der Waals surface area contributed by atoms with Crippen LogP contribution in [0.4, 0.5) is 0 Å². The molecular formula is C27H16O. The van der Waals surface area contributed by atoms with E-state index in [1.807, 2.05) is 6.07 Å². The highest BCUT2D eigenvalue weighted by Gasteiger charge is 2.20. The second kappa shape index (κ2) is 5.66. The van der Waals surface area contributed by atoms with E-state index in [0.29, 0.717) is 5.22 Å². The van der Waals surface area contributed by atoms with Crippen LogP contribution in [0.1, 0.15) is 16.7 Å². The summed E-state index contributed by atoms with van der Waals surface area (Å²) in [6.45, 7) is 0. The highest BCUT2D eigenvalue weighted by Crippen LogP contribution is 2.36. The smallest absolute Gasteiger partial charge is 0.133 e. The minimum atomic E-state index is 0.643. The fourth-order valence-electron chi connectivity index (χ4n) is 4.80. The molecule has 0 heterocycles. The molecule has 0 aromatic heterocycles. The van der Waals surface area contributed by atoms with E-state index < -0.39 is 0 Å². The molecule has 0 atom stereocenters. The van der Waals surface area contributed by atoms with Crippen LogP contribution in [0.15, 0.2) is 78.9 Å². The maximum absolute atomic E-state index is 11.9. The number of hydrogen-bond acceptors (Lipinski definition) is 1. The van der Waals surface area contributed by atoms with E-state index in [0.717, 1.165) is 16.9 Å². The summed E-state index contributed by atoms with van der Waals surface area (Å²) >= 11 is 0. The van der Waals surface area contributed by atoms with Gasteiger partial charge in [0.25, 0.3) is 0 Å². The molecule has 4 aromatic carbocycles. The van der Waals surface area contributed by atoms with E-state index >= 15 is 0 Å². The molecule has 0 fully saturated rings. The van der Waals surface area contributed by atoms with Crippen LogP contribution in [-0.4, -0.2) is 5.94 Å². The van der Waals surface area contributed by atoms with Crippen LogP contribution < -0.4 is 10.4 Å². The van der Waals surface area contributed by atoms with Gasteiger partial charge in [-0.2, -0.15) is 0 Å². The van der Waals surface area contributed by atoms with Crippen molar-refractivity contribution in [3.05, 3.63) is 116 Å². The lowest BCUT2D eigenvalue weighted by molar-refractivity contribution is 0.567. The first kappa shape index (κ1) is 15.4. The first-order valence-corrected chi connectivity index (χ1v) is 9.55.